The molecule has 0 radical (unpaired) electrons. The van der Waals surface area contributed by atoms with Crippen LogP contribution in [0, 0.1) is 17.6 Å². The summed E-state index contributed by atoms with van der Waals surface area (Å²) >= 11 is 0. The zero-order chi connectivity index (χ0) is 19.9. The van der Waals surface area contributed by atoms with Crippen LogP contribution in [0.3, 0.4) is 0 Å². The fourth-order valence-electron chi connectivity index (χ4n) is 3.52. The van der Waals surface area contributed by atoms with Crippen molar-refractivity contribution in [1.82, 2.24) is 20.4 Å². The number of aliphatic imine (C=N–C) groups is 1. The summed E-state index contributed by atoms with van der Waals surface area (Å²) in [5.74, 6) is 0.237. The fourth-order valence-corrected chi connectivity index (χ4v) is 3.52. The predicted molar refractivity (Wildman–Crippen MR) is 120 cm³/mol. The van der Waals surface area contributed by atoms with E-state index < -0.39 is 11.6 Å². The summed E-state index contributed by atoms with van der Waals surface area (Å²) < 4.78 is 26.9. The number of rotatable bonds is 6. The van der Waals surface area contributed by atoms with Gasteiger partial charge in [-0.2, -0.15) is 0 Å². The predicted octanol–water partition coefficient (Wildman–Crippen LogP) is 2.19. The van der Waals surface area contributed by atoms with E-state index in [9.17, 15) is 13.6 Å². The Labute approximate surface area is 188 Å². The van der Waals surface area contributed by atoms with Gasteiger partial charge in [-0.1, -0.05) is 6.42 Å². The SMILES string of the molecule is CN=C(NCCN1CCN(C(=O)C2CCC2)CC1)NCc1cc(F)ccc1F.I. The maximum absolute atomic E-state index is 13.7. The lowest BCUT2D eigenvalue weighted by Gasteiger charge is -2.38. The third-order valence-corrected chi connectivity index (χ3v) is 5.54. The highest BCUT2D eigenvalue weighted by Crippen LogP contribution is 2.28. The van der Waals surface area contributed by atoms with Gasteiger partial charge in [0.1, 0.15) is 11.6 Å². The van der Waals surface area contributed by atoms with Crippen LogP contribution in [0.15, 0.2) is 23.2 Å². The molecule has 1 aliphatic heterocycles. The normalized spacial score (nSPS) is 18.0. The molecule has 1 saturated carbocycles. The van der Waals surface area contributed by atoms with Gasteiger partial charge >= 0.3 is 0 Å². The molecule has 1 heterocycles. The average molecular weight is 521 g/mol. The van der Waals surface area contributed by atoms with Crippen LogP contribution in [0.2, 0.25) is 0 Å². The second kappa shape index (κ2) is 11.6. The van der Waals surface area contributed by atoms with Crippen molar-refractivity contribution in [3.63, 3.8) is 0 Å². The third-order valence-electron chi connectivity index (χ3n) is 5.54. The van der Waals surface area contributed by atoms with E-state index in [1.807, 2.05) is 4.90 Å². The first-order valence-electron chi connectivity index (χ1n) is 9.96. The van der Waals surface area contributed by atoms with Crippen LogP contribution in [0.25, 0.3) is 0 Å². The van der Waals surface area contributed by atoms with Crippen LogP contribution in [-0.2, 0) is 11.3 Å². The number of carbonyl (C=O) groups is 1. The number of halogens is 3. The Morgan fingerprint density at radius 2 is 1.90 bits per heavy atom. The molecule has 2 N–H and O–H groups in total. The Morgan fingerprint density at radius 1 is 1.17 bits per heavy atom. The molecule has 0 spiro atoms. The van der Waals surface area contributed by atoms with Gasteiger partial charge in [0.05, 0.1) is 0 Å². The molecule has 9 heteroatoms. The highest BCUT2D eigenvalue weighted by molar-refractivity contribution is 14.0. The van der Waals surface area contributed by atoms with Crippen molar-refractivity contribution in [2.24, 2.45) is 10.9 Å². The number of nitrogens with zero attached hydrogens (tertiary/aromatic N) is 3. The standard InChI is InChI=1S/C20H29F2N5O.HI/c1-23-20(25-14-16-13-17(21)5-6-18(16)22)24-7-8-26-9-11-27(12-10-26)19(28)15-3-2-4-15;/h5-6,13,15H,2-4,7-12,14H2,1H3,(H2,23,24,25);1H. The van der Waals surface area contributed by atoms with Gasteiger partial charge < -0.3 is 15.5 Å². The van der Waals surface area contributed by atoms with Crippen molar-refractivity contribution in [2.75, 3.05) is 46.3 Å². The lowest BCUT2D eigenvalue weighted by molar-refractivity contribution is -0.139. The molecule has 2 fully saturated rings. The Kier molecular flexibility index (Phi) is 9.54. The Hall–Kier alpha value is -1.49. The largest absolute Gasteiger partial charge is 0.355 e. The smallest absolute Gasteiger partial charge is 0.225 e. The van der Waals surface area contributed by atoms with E-state index in [4.69, 9.17) is 0 Å². The van der Waals surface area contributed by atoms with Gasteiger partial charge in [0.25, 0.3) is 0 Å². The summed E-state index contributed by atoms with van der Waals surface area (Å²) in [6, 6.07) is 3.41. The van der Waals surface area contributed by atoms with E-state index in [0.717, 1.165) is 57.7 Å². The first-order valence-corrected chi connectivity index (χ1v) is 9.96. The molecule has 1 aliphatic carbocycles. The highest BCUT2D eigenvalue weighted by atomic mass is 127. The molecule has 2 aliphatic rings. The summed E-state index contributed by atoms with van der Waals surface area (Å²) in [4.78, 5) is 20.7. The van der Waals surface area contributed by atoms with Crippen molar-refractivity contribution in [3.8, 4) is 0 Å². The average Bonchev–Trinajstić information content (AvgIpc) is 2.66. The highest BCUT2D eigenvalue weighted by Gasteiger charge is 2.30. The number of guanidine groups is 1. The number of nitrogens with one attached hydrogen (secondary N) is 2. The summed E-state index contributed by atoms with van der Waals surface area (Å²) in [6.45, 7) is 5.01. The summed E-state index contributed by atoms with van der Waals surface area (Å²) in [6.07, 6.45) is 3.28. The molecule has 1 aromatic carbocycles. The fraction of sp³-hybridized carbons (Fsp3) is 0.600. The minimum absolute atomic E-state index is 0. The van der Waals surface area contributed by atoms with Crippen LogP contribution in [0.4, 0.5) is 8.78 Å². The van der Waals surface area contributed by atoms with E-state index >= 15 is 0 Å². The van der Waals surface area contributed by atoms with E-state index in [1.54, 1.807) is 7.05 Å². The molecule has 0 unspecified atom stereocenters. The van der Waals surface area contributed by atoms with Crippen LogP contribution < -0.4 is 10.6 Å². The molecule has 6 nitrogen and oxygen atoms in total. The number of amides is 1. The van der Waals surface area contributed by atoms with Gasteiger partial charge in [0.2, 0.25) is 5.91 Å². The molecule has 3 rings (SSSR count). The zero-order valence-corrected chi connectivity index (χ0v) is 19.1. The van der Waals surface area contributed by atoms with Gasteiger partial charge in [0, 0.05) is 64.3 Å². The van der Waals surface area contributed by atoms with Crippen LogP contribution in [-0.4, -0.2) is 68.0 Å². The van der Waals surface area contributed by atoms with Crippen molar-refractivity contribution in [3.05, 3.63) is 35.4 Å². The van der Waals surface area contributed by atoms with Crippen LogP contribution >= 0.6 is 24.0 Å². The van der Waals surface area contributed by atoms with E-state index in [-0.39, 0.29) is 42.0 Å². The first kappa shape index (κ1) is 23.8. The Morgan fingerprint density at radius 3 is 2.52 bits per heavy atom. The molecule has 0 atom stereocenters. The zero-order valence-electron chi connectivity index (χ0n) is 16.8. The van der Waals surface area contributed by atoms with E-state index in [1.165, 1.54) is 12.5 Å². The molecule has 1 amide bonds. The minimum atomic E-state index is -0.462. The second-order valence-corrected chi connectivity index (χ2v) is 7.38. The lowest BCUT2D eigenvalue weighted by atomic mass is 9.84. The molecular weight excluding hydrogens is 491 g/mol. The summed E-state index contributed by atoms with van der Waals surface area (Å²) in [5, 5.41) is 6.19. The van der Waals surface area contributed by atoms with Crippen molar-refractivity contribution in [2.45, 2.75) is 25.8 Å². The van der Waals surface area contributed by atoms with Gasteiger partial charge in [-0.3, -0.25) is 14.7 Å². The van der Waals surface area contributed by atoms with Crippen molar-refractivity contribution in [1.29, 1.82) is 0 Å². The second-order valence-electron chi connectivity index (χ2n) is 7.38. The Balaban J connectivity index is 0.00000300. The summed E-state index contributed by atoms with van der Waals surface area (Å²) in [5.41, 5.74) is 0.259. The summed E-state index contributed by atoms with van der Waals surface area (Å²) in [7, 11) is 1.64. The van der Waals surface area contributed by atoms with Crippen molar-refractivity contribution < 1.29 is 13.6 Å². The number of hydrogen-bond donors (Lipinski definition) is 2. The van der Waals surface area contributed by atoms with Gasteiger partial charge in [-0.05, 0) is 31.0 Å². The molecule has 1 saturated heterocycles. The monoisotopic (exact) mass is 521 g/mol. The van der Waals surface area contributed by atoms with Crippen LogP contribution in [0.5, 0.6) is 0 Å². The van der Waals surface area contributed by atoms with E-state index in [0.29, 0.717) is 18.4 Å². The molecule has 162 valence electrons. The lowest BCUT2D eigenvalue weighted by Crippen LogP contribution is -2.52. The molecule has 0 aromatic heterocycles. The van der Waals surface area contributed by atoms with Crippen molar-refractivity contribution >= 4 is 35.8 Å². The molecular formula is C20H30F2IN5O. The number of carbonyl (C=O) groups excluding carboxylic acids is 1. The van der Waals surface area contributed by atoms with Crippen LogP contribution in [0.1, 0.15) is 24.8 Å². The quantitative estimate of drug-likeness (QED) is 0.343. The maximum atomic E-state index is 13.7. The number of hydrogen-bond acceptors (Lipinski definition) is 3. The van der Waals surface area contributed by atoms with E-state index in [2.05, 4.69) is 20.5 Å². The first-order chi connectivity index (χ1) is 13.6. The topological polar surface area (TPSA) is 60.0 Å². The molecule has 0 bridgehead atoms. The molecule has 29 heavy (non-hydrogen) atoms. The third kappa shape index (κ3) is 6.77. The maximum Gasteiger partial charge on any atom is 0.225 e. The number of piperazine rings is 1. The Bertz CT molecular complexity index is 706. The molecule has 1 aromatic rings. The van der Waals surface area contributed by atoms with Gasteiger partial charge in [0.15, 0.2) is 5.96 Å². The van der Waals surface area contributed by atoms with Gasteiger partial charge in [-0.15, -0.1) is 24.0 Å². The number of benzene rings is 1. The van der Waals surface area contributed by atoms with Gasteiger partial charge in [-0.25, -0.2) is 8.78 Å². The minimum Gasteiger partial charge on any atom is -0.355 e.